The molecule has 1 aromatic heterocycles. The number of piperidine rings is 1. The Kier molecular flexibility index (Phi) is 3.66. The predicted molar refractivity (Wildman–Crippen MR) is 77.5 cm³/mol. The van der Waals surface area contributed by atoms with Gasteiger partial charge < -0.3 is 18.9 Å². The van der Waals surface area contributed by atoms with E-state index in [1.54, 1.807) is 0 Å². The van der Waals surface area contributed by atoms with Crippen LogP contribution in [-0.4, -0.2) is 48.1 Å². The molecule has 6 heteroatoms. The zero-order chi connectivity index (χ0) is 15.0. The largest absolute Gasteiger partial charge is 0.360 e. The Morgan fingerprint density at radius 2 is 1.77 bits per heavy atom. The Morgan fingerprint density at radius 3 is 2.55 bits per heavy atom. The number of rotatable bonds is 1. The maximum atomic E-state index is 12.8. The maximum Gasteiger partial charge on any atom is 0.276 e. The number of hydrogen-bond acceptors (Lipinski definition) is 5. The molecule has 4 rings (SSSR count). The van der Waals surface area contributed by atoms with E-state index in [1.165, 1.54) is 6.42 Å². The standard InChI is InChI=1S/C16H22N2O4/c19-15(14-12-4-2-1-3-5-13(12)22-17-14)18-8-6-16(7-9-18)20-10-11-21-16/h1-11H2. The fourth-order valence-corrected chi connectivity index (χ4v) is 3.72. The second-order valence-electron chi connectivity index (χ2n) is 6.39. The molecule has 0 radical (unpaired) electrons. The topological polar surface area (TPSA) is 64.8 Å². The number of ether oxygens (including phenoxy) is 2. The lowest BCUT2D eigenvalue weighted by Crippen LogP contribution is -2.47. The number of likely N-dealkylation sites (tertiary alicyclic amines) is 1. The van der Waals surface area contributed by atoms with Gasteiger partial charge in [0.2, 0.25) is 0 Å². The van der Waals surface area contributed by atoms with Gasteiger partial charge in [0.05, 0.1) is 13.2 Å². The molecule has 2 aliphatic heterocycles. The average Bonchev–Trinajstić information content (AvgIpc) is 3.09. The highest BCUT2D eigenvalue weighted by molar-refractivity contribution is 5.94. The first-order valence-corrected chi connectivity index (χ1v) is 8.32. The van der Waals surface area contributed by atoms with Gasteiger partial charge in [0.1, 0.15) is 5.76 Å². The zero-order valence-corrected chi connectivity index (χ0v) is 12.8. The summed E-state index contributed by atoms with van der Waals surface area (Å²) in [6.45, 7) is 2.62. The van der Waals surface area contributed by atoms with E-state index in [1.807, 2.05) is 4.90 Å². The van der Waals surface area contributed by atoms with Crippen molar-refractivity contribution < 1.29 is 18.8 Å². The van der Waals surface area contributed by atoms with E-state index in [-0.39, 0.29) is 5.91 Å². The molecule has 0 bridgehead atoms. The number of amides is 1. The van der Waals surface area contributed by atoms with Crippen LogP contribution in [0.1, 0.15) is 53.9 Å². The molecule has 0 N–H and O–H groups in total. The average molecular weight is 306 g/mol. The van der Waals surface area contributed by atoms with Gasteiger partial charge in [-0.15, -0.1) is 0 Å². The second-order valence-corrected chi connectivity index (χ2v) is 6.39. The molecule has 0 aromatic carbocycles. The maximum absolute atomic E-state index is 12.8. The van der Waals surface area contributed by atoms with Crippen LogP contribution in [0.3, 0.4) is 0 Å². The summed E-state index contributed by atoms with van der Waals surface area (Å²) in [4.78, 5) is 14.6. The number of carbonyl (C=O) groups is 1. The van der Waals surface area contributed by atoms with Crippen molar-refractivity contribution in [2.24, 2.45) is 0 Å². The highest BCUT2D eigenvalue weighted by Crippen LogP contribution is 2.32. The van der Waals surface area contributed by atoms with Crippen LogP contribution in [-0.2, 0) is 22.3 Å². The van der Waals surface area contributed by atoms with Crippen molar-refractivity contribution in [2.45, 2.75) is 50.7 Å². The molecule has 0 atom stereocenters. The van der Waals surface area contributed by atoms with Crippen LogP contribution in [0.15, 0.2) is 4.52 Å². The molecule has 1 spiro atoms. The Hall–Kier alpha value is -1.40. The lowest BCUT2D eigenvalue weighted by molar-refractivity contribution is -0.181. The van der Waals surface area contributed by atoms with E-state index in [9.17, 15) is 4.79 Å². The summed E-state index contributed by atoms with van der Waals surface area (Å²) < 4.78 is 16.9. The van der Waals surface area contributed by atoms with E-state index in [0.717, 1.165) is 49.8 Å². The summed E-state index contributed by atoms with van der Waals surface area (Å²) in [7, 11) is 0. The molecule has 1 aromatic rings. The fraction of sp³-hybridized carbons (Fsp3) is 0.750. The Balaban J connectivity index is 1.47. The predicted octanol–water partition coefficient (Wildman–Crippen LogP) is 1.92. The molecular weight excluding hydrogens is 284 g/mol. The third-order valence-electron chi connectivity index (χ3n) is 5.03. The minimum atomic E-state index is -0.447. The first-order valence-electron chi connectivity index (χ1n) is 8.32. The summed E-state index contributed by atoms with van der Waals surface area (Å²) in [6, 6.07) is 0. The number of hydrogen-bond donors (Lipinski definition) is 0. The first-order chi connectivity index (χ1) is 10.8. The summed E-state index contributed by atoms with van der Waals surface area (Å²) >= 11 is 0. The Labute approximate surface area is 129 Å². The zero-order valence-electron chi connectivity index (χ0n) is 12.8. The van der Waals surface area contributed by atoms with Crippen LogP contribution in [0.4, 0.5) is 0 Å². The van der Waals surface area contributed by atoms with E-state index in [4.69, 9.17) is 14.0 Å². The number of aryl methyl sites for hydroxylation is 1. The number of aromatic nitrogens is 1. The molecule has 3 aliphatic rings. The van der Waals surface area contributed by atoms with Crippen molar-refractivity contribution in [3.05, 3.63) is 17.0 Å². The number of carbonyl (C=O) groups excluding carboxylic acids is 1. The molecule has 22 heavy (non-hydrogen) atoms. The van der Waals surface area contributed by atoms with Crippen molar-refractivity contribution in [2.75, 3.05) is 26.3 Å². The Morgan fingerprint density at radius 1 is 1.05 bits per heavy atom. The second kappa shape index (κ2) is 5.66. The third kappa shape index (κ3) is 2.44. The normalized spacial score (nSPS) is 24.3. The minimum absolute atomic E-state index is 0.000234. The molecule has 6 nitrogen and oxygen atoms in total. The van der Waals surface area contributed by atoms with Gasteiger partial charge in [0.15, 0.2) is 11.5 Å². The lowest BCUT2D eigenvalue weighted by atomic mass is 10.0. The van der Waals surface area contributed by atoms with Crippen LogP contribution >= 0.6 is 0 Å². The highest BCUT2D eigenvalue weighted by atomic mass is 16.7. The van der Waals surface area contributed by atoms with Crippen LogP contribution < -0.4 is 0 Å². The number of nitrogens with zero attached hydrogens (tertiary/aromatic N) is 2. The van der Waals surface area contributed by atoms with Gasteiger partial charge in [-0.3, -0.25) is 4.79 Å². The van der Waals surface area contributed by atoms with Gasteiger partial charge in [-0.1, -0.05) is 11.6 Å². The van der Waals surface area contributed by atoms with Gasteiger partial charge in [-0.25, -0.2) is 0 Å². The third-order valence-corrected chi connectivity index (χ3v) is 5.03. The Bertz CT molecular complexity index is 552. The molecule has 1 aliphatic carbocycles. The van der Waals surface area contributed by atoms with Crippen LogP contribution in [0.2, 0.25) is 0 Å². The molecule has 2 fully saturated rings. The lowest BCUT2D eigenvalue weighted by Gasteiger charge is -2.37. The summed E-state index contributed by atoms with van der Waals surface area (Å²) in [5, 5.41) is 4.07. The van der Waals surface area contributed by atoms with Crippen LogP contribution in [0, 0.1) is 0 Å². The van der Waals surface area contributed by atoms with E-state index < -0.39 is 5.79 Å². The molecule has 3 heterocycles. The van der Waals surface area contributed by atoms with Crippen LogP contribution in [0.25, 0.3) is 0 Å². The minimum Gasteiger partial charge on any atom is -0.360 e. The van der Waals surface area contributed by atoms with Gasteiger partial charge >= 0.3 is 0 Å². The first kappa shape index (κ1) is 14.2. The molecule has 0 saturated carbocycles. The monoisotopic (exact) mass is 306 g/mol. The van der Waals surface area contributed by atoms with E-state index in [0.29, 0.717) is 32.0 Å². The highest BCUT2D eigenvalue weighted by Gasteiger charge is 2.41. The van der Waals surface area contributed by atoms with Crippen molar-refractivity contribution >= 4 is 5.91 Å². The van der Waals surface area contributed by atoms with E-state index >= 15 is 0 Å². The SMILES string of the molecule is O=C(c1noc2c1CCCCC2)N1CCC2(CC1)OCCO2. The van der Waals surface area contributed by atoms with Crippen LogP contribution in [0.5, 0.6) is 0 Å². The molecule has 2 saturated heterocycles. The smallest absolute Gasteiger partial charge is 0.276 e. The van der Waals surface area contributed by atoms with Crippen molar-refractivity contribution in [1.29, 1.82) is 0 Å². The number of fused-ring (bicyclic) bond motifs is 1. The van der Waals surface area contributed by atoms with E-state index in [2.05, 4.69) is 5.16 Å². The molecule has 0 unspecified atom stereocenters. The fourth-order valence-electron chi connectivity index (χ4n) is 3.72. The molecule has 1 amide bonds. The summed E-state index contributed by atoms with van der Waals surface area (Å²) in [5.74, 6) is 0.467. The quantitative estimate of drug-likeness (QED) is 0.742. The van der Waals surface area contributed by atoms with Gasteiger partial charge in [0, 0.05) is 37.9 Å². The van der Waals surface area contributed by atoms with Crippen molar-refractivity contribution in [3.63, 3.8) is 0 Å². The summed E-state index contributed by atoms with van der Waals surface area (Å²) in [6.07, 6.45) is 6.70. The van der Waals surface area contributed by atoms with Crippen molar-refractivity contribution in [3.8, 4) is 0 Å². The molecule has 120 valence electrons. The summed E-state index contributed by atoms with van der Waals surface area (Å²) in [5.41, 5.74) is 1.57. The van der Waals surface area contributed by atoms with Crippen molar-refractivity contribution in [1.82, 2.24) is 10.1 Å². The molecular formula is C16H22N2O4. The van der Waals surface area contributed by atoms with Gasteiger partial charge in [0.25, 0.3) is 5.91 Å². The van der Waals surface area contributed by atoms with Gasteiger partial charge in [-0.05, 0) is 19.3 Å². The van der Waals surface area contributed by atoms with Gasteiger partial charge in [-0.2, -0.15) is 0 Å².